The molecule has 0 aromatic carbocycles. The molecule has 3 nitrogen and oxygen atoms in total. The lowest BCUT2D eigenvalue weighted by atomic mass is 9.99. The molecular formula is C9H17NO2. The number of hydrogen-bond donors (Lipinski definition) is 2. The van der Waals surface area contributed by atoms with Crippen molar-refractivity contribution < 1.29 is 9.90 Å². The Kier molecular flexibility index (Phi) is 3.09. The molecule has 0 atom stereocenters. The molecule has 0 saturated heterocycles. The molecule has 0 aromatic heterocycles. The van der Waals surface area contributed by atoms with Crippen LogP contribution in [-0.4, -0.2) is 23.2 Å². The third kappa shape index (κ3) is 1.97. The number of carbonyl (C=O) groups excluding carboxylic acids is 1. The van der Waals surface area contributed by atoms with Crippen molar-refractivity contribution in [3.8, 4) is 0 Å². The Morgan fingerprint density at radius 3 is 2.50 bits per heavy atom. The van der Waals surface area contributed by atoms with Crippen molar-refractivity contribution in [1.82, 2.24) is 5.32 Å². The summed E-state index contributed by atoms with van der Waals surface area (Å²) in [5, 5.41) is 12.0. The molecule has 1 fully saturated rings. The van der Waals surface area contributed by atoms with E-state index in [1.807, 2.05) is 6.92 Å². The normalized spacial score (nSPS) is 20.8. The predicted molar refractivity (Wildman–Crippen MR) is 46.7 cm³/mol. The van der Waals surface area contributed by atoms with Crippen molar-refractivity contribution in [3.63, 3.8) is 0 Å². The van der Waals surface area contributed by atoms with E-state index in [0.717, 1.165) is 25.7 Å². The van der Waals surface area contributed by atoms with Crippen LogP contribution in [0.5, 0.6) is 0 Å². The Morgan fingerprint density at radius 2 is 2.08 bits per heavy atom. The van der Waals surface area contributed by atoms with E-state index in [-0.39, 0.29) is 18.1 Å². The Bertz CT molecular complexity index is 162. The van der Waals surface area contributed by atoms with Crippen molar-refractivity contribution in [2.75, 3.05) is 6.61 Å². The van der Waals surface area contributed by atoms with E-state index in [0.29, 0.717) is 6.42 Å². The summed E-state index contributed by atoms with van der Waals surface area (Å²) in [6.45, 7) is 1.91. The van der Waals surface area contributed by atoms with E-state index in [4.69, 9.17) is 5.11 Å². The molecule has 2 N–H and O–H groups in total. The molecule has 3 heteroatoms. The highest BCUT2D eigenvalue weighted by Crippen LogP contribution is 2.28. The molecule has 0 radical (unpaired) electrons. The first-order valence-electron chi connectivity index (χ1n) is 4.64. The lowest BCUT2D eigenvalue weighted by Crippen LogP contribution is -2.48. The first kappa shape index (κ1) is 9.52. The molecule has 0 heterocycles. The summed E-state index contributed by atoms with van der Waals surface area (Å²) in [6, 6.07) is 0. The first-order valence-corrected chi connectivity index (χ1v) is 4.64. The molecule has 1 aliphatic rings. The summed E-state index contributed by atoms with van der Waals surface area (Å²) in [5.41, 5.74) is -0.285. The Labute approximate surface area is 73.2 Å². The van der Waals surface area contributed by atoms with Gasteiger partial charge in [-0.2, -0.15) is 0 Å². The lowest BCUT2D eigenvalue weighted by Gasteiger charge is -2.27. The highest BCUT2D eigenvalue weighted by atomic mass is 16.3. The Balaban J connectivity index is 2.49. The second kappa shape index (κ2) is 3.90. The van der Waals surface area contributed by atoms with Gasteiger partial charge in [-0.1, -0.05) is 19.8 Å². The molecule has 12 heavy (non-hydrogen) atoms. The maximum Gasteiger partial charge on any atom is 0.220 e. The third-order valence-electron chi connectivity index (χ3n) is 2.59. The fraction of sp³-hybridized carbons (Fsp3) is 0.889. The predicted octanol–water partition coefficient (Wildman–Crippen LogP) is 0.818. The molecule has 0 aliphatic heterocycles. The largest absolute Gasteiger partial charge is 0.394 e. The molecule has 0 spiro atoms. The van der Waals surface area contributed by atoms with Crippen molar-refractivity contribution in [3.05, 3.63) is 0 Å². The minimum atomic E-state index is -0.285. The molecular weight excluding hydrogens is 154 g/mol. The summed E-state index contributed by atoms with van der Waals surface area (Å²) >= 11 is 0. The molecule has 0 bridgehead atoms. The standard InChI is InChI=1S/C9H17NO2/c1-2-8(12)10-9(7-11)5-3-4-6-9/h11H,2-7H2,1H3,(H,10,12). The fourth-order valence-corrected chi connectivity index (χ4v) is 1.76. The van der Waals surface area contributed by atoms with E-state index >= 15 is 0 Å². The van der Waals surface area contributed by atoms with Crippen LogP contribution in [0, 0.1) is 0 Å². The summed E-state index contributed by atoms with van der Waals surface area (Å²) < 4.78 is 0. The fourth-order valence-electron chi connectivity index (χ4n) is 1.76. The van der Waals surface area contributed by atoms with E-state index in [1.165, 1.54) is 0 Å². The van der Waals surface area contributed by atoms with Gasteiger partial charge in [-0.3, -0.25) is 4.79 Å². The smallest absolute Gasteiger partial charge is 0.220 e. The van der Waals surface area contributed by atoms with Crippen LogP contribution in [0.2, 0.25) is 0 Å². The number of rotatable bonds is 3. The average Bonchev–Trinajstić information content (AvgIpc) is 2.54. The van der Waals surface area contributed by atoms with Crippen molar-refractivity contribution in [2.45, 2.75) is 44.6 Å². The van der Waals surface area contributed by atoms with Crippen molar-refractivity contribution >= 4 is 5.91 Å². The van der Waals surface area contributed by atoms with Gasteiger partial charge < -0.3 is 10.4 Å². The van der Waals surface area contributed by atoms with Crippen LogP contribution >= 0.6 is 0 Å². The van der Waals surface area contributed by atoms with E-state index < -0.39 is 0 Å². The summed E-state index contributed by atoms with van der Waals surface area (Å²) in [4.78, 5) is 11.1. The Hall–Kier alpha value is -0.570. The molecule has 1 saturated carbocycles. The molecule has 1 rings (SSSR count). The van der Waals surface area contributed by atoms with Crippen LogP contribution < -0.4 is 5.32 Å². The maximum atomic E-state index is 11.1. The quantitative estimate of drug-likeness (QED) is 0.660. The zero-order valence-corrected chi connectivity index (χ0v) is 7.60. The third-order valence-corrected chi connectivity index (χ3v) is 2.59. The van der Waals surface area contributed by atoms with Gasteiger partial charge in [0.2, 0.25) is 5.91 Å². The van der Waals surface area contributed by atoms with E-state index in [2.05, 4.69) is 5.32 Å². The Morgan fingerprint density at radius 1 is 1.50 bits per heavy atom. The number of aliphatic hydroxyl groups is 1. The van der Waals surface area contributed by atoms with E-state index in [9.17, 15) is 4.79 Å². The highest BCUT2D eigenvalue weighted by molar-refractivity contribution is 5.76. The van der Waals surface area contributed by atoms with Crippen LogP contribution in [0.25, 0.3) is 0 Å². The van der Waals surface area contributed by atoms with Crippen molar-refractivity contribution in [1.29, 1.82) is 0 Å². The van der Waals surface area contributed by atoms with Crippen LogP contribution in [0.3, 0.4) is 0 Å². The number of hydrogen-bond acceptors (Lipinski definition) is 2. The van der Waals surface area contributed by atoms with Crippen molar-refractivity contribution in [2.24, 2.45) is 0 Å². The van der Waals surface area contributed by atoms with Gasteiger partial charge in [0.15, 0.2) is 0 Å². The summed E-state index contributed by atoms with van der Waals surface area (Å²) in [6.07, 6.45) is 4.58. The second-order valence-electron chi connectivity index (χ2n) is 3.55. The monoisotopic (exact) mass is 171 g/mol. The first-order chi connectivity index (χ1) is 5.72. The zero-order chi connectivity index (χ0) is 9.03. The second-order valence-corrected chi connectivity index (χ2v) is 3.55. The van der Waals surface area contributed by atoms with Crippen LogP contribution in [-0.2, 0) is 4.79 Å². The minimum Gasteiger partial charge on any atom is -0.394 e. The van der Waals surface area contributed by atoms with Gasteiger partial charge in [0.05, 0.1) is 12.1 Å². The summed E-state index contributed by atoms with van der Waals surface area (Å²) in [5.74, 6) is 0.0472. The number of carbonyl (C=O) groups is 1. The van der Waals surface area contributed by atoms with E-state index in [1.54, 1.807) is 0 Å². The average molecular weight is 171 g/mol. The molecule has 1 aliphatic carbocycles. The van der Waals surface area contributed by atoms with Crippen LogP contribution in [0.15, 0.2) is 0 Å². The minimum absolute atomic E-state index is 0.0472. The topological polar surface area (TPSA) is 49.3 Å². The van der Waals surface area contributed by atoms with Crippen LogP contribution in [0.1, 0.15) is 39.0 Å². The van der Waals surface area contributed by atoms with Gasteiger partial charge in [-0.15, -0.1) is 0 Å². The number of aliphatic hydroxyl groups excluding tert-OH is 1. The molecule has 70 valence electrons. The molecule has 1 amide bonds. The van der Waals surface area contributed by atoms with Gasteiger partial charge in [-0.25, -0.2) is 0 Å². The van der Waals surface area contributed by atoms with Gasteiger partial charge >= 0.3 is 0 Å². The SMILES string of the molecule is CCC(=O)NC1(CO)CCCC1. The van der Waals surface area contributed by atoms with Gasteiger partial charge in [0.25, 0.3) is 0 Å². The van der Waals surface area contributed by atoms with Gasteiger partial charge in [0, 0.05) is 6.42 Å². The zero-order valence-electron chi connectivity index (χ0n) is 7.60. The highest BCUT2D eigenvalue weighted by Gasteiger charge is 2.33. The van der Waals surface area contributed by atoms with Gasteiger partial charge in [-0.05, 0) is 12.8 Å². The molecule has 0 unspecified atom stereocenters. The summed E-state index contributed by atoms with van der Waals surface area (Å²) in [7, 11) is 0. The number of amides is 1. The lowest BCUT2D eigenvalue weighted by molar-refractivity contribution is -0.123. The number of nitrogens with one attached hydrogen (secondary N) is 1. The van der Waals surface area contributed by atoms with Crippen LogP contribution in [0.4, 0.5) is 0 Å². The maximum absolute atomic E-state index is 11.1. The molecule has 0 aromatic rings. The van der Waals surface area contributed by atoms with Gasteiger partial charge in [0.1, 0.15) is 0 Å².